The van der Waals surface area contributed by atoms with Crippen LogP contribution in [-0.4, -0.2) is 38.3 Å². The molecule has 0 fully saturated rings. The van der Waals surface area contributed by atoms with Gasteiger partial charge in [0.1, 0.15) is 0 Å². The van der Waals surface area contributed by atoms with Crippen LogP contribution in [0.2, 0.25) is 0 Å². The van der Waals surface area contributed by atoms with Gasteiger partial charge in [0.2, 0.25) is 11.7 Å². The van der Waals surface area contributed by atoms with Crippen LogP contribution in [0.15, 0.2) is 30.3 Å². The summed E-state index contributed by atoms with van der Waals surface area (Å²) in [6.07, 6.45) is 0.600. The molecule has 0 aromatic heterocycles. The normalized spacial score (nSPS) is 10.2. The fraction of sp³-hybridized carbons (Fsp3) is 0.300. The standard InChI is InChI=1S/C20H23NO6/c1-12-5-7-15(14(9-12)20(23)24)21-18(22)8-6-13-10-16(25-2)19(27-4)17(11-13)26-3/h5,7,9-11H,6,8H2,1-4H3,(H,21,22)(H,23,24). The number of nitrogens with one attached hydrogen (secondary N) is 1. The van der Waals surface area contributed by atoms with Crippen LogP contribution in [0.5, 0.6) is 17.2 Å². The highest BCUT2D eigenvalue weighted by Gasteiger charge is 2.15. The highest BCUT2D eigenvalue weighted by molar-refractivity contribution is 6.00. The largest absolute Gasteiger partial charge is 0.493 e. The number of carboxylic acid groups (broad SMARTS) is 1. The van der Waals surface area contributed by atoms with Crippen LogP contribution in [-0.2, 0) is 11.2 Å². The Morgan fingerprint density at radius 1 is 1.00 bits per heavy atom. The molecule has 0 spiro atoms. The Morgan fingerprint density at radius 3 is 2.15 bits per heavy atom. The first-order valence-electron chi connectivity index (χ1n) is 8.32. The average molecular weight is 373 g/mol. The molecule has 27 heavy (non-hydrogen) atoms. The second-order valence-electron chi connectivity index (χ2n) is 5.94. The second-order valence-corrected chi connectivity index (χ2v) is 5.94. The monoisotopic (exact) mass is 373 g/mol. The zero-order chi connectivity index (χ0) is 20.0. The number of benzene rings is 2. The van der Waals surface area contributed by atoms with Gasteiger partial charge in [-0.25, -0.2) is 4.79 Å². The smallest absolute Gasteiger partial charge is 0.337 e. The third-order valence-electron chi connectivity index (χ3n) is 4.04. The summed E-state index contributed by atoms with van der Waals surface area (Å²) in [7, 11) is 4.58. The minimum atomic E-state index is -1.08. The van der Waals surface area contributed by atoms with Crippen molar-refractivity contribution in [2.24, 2.45) is 0 Å². The summed E-state index contributed by atoms with van der Waals surface area (Å²) < 4.78 is 15.9. The summed E-state index contributed by atoms with van der Waals surface area (Å²) in [5.41, 5.74) is 1.99. The highest BCUT2D eigenvalue weighted by Crippen LogP contribution is 2.38. The van der Waals surface area contributed by atoms with Crippen molar-refractivity contribution in [2.75, 3.05) is 26.6 Å². The lowest BCUT2D eigenvalue weighted by atomic mass is 10.1. The van der Waals surface area contributed by atoms with Gasteiger partial charge in [-0.1, -0.05) is 11.6 Å². The number of rotatable bonds is 8. The number of carbonyl (C=O) groups is 2. The van der Waals surface area contributed by atoms with Gasteiger partial charge in [-0.2, -0.15) is 0 Å². The lowest BCUT2D eigenvalue weighted by Crippen LogP contribution is -2.15. The van der Waals surface area contributed by atoms with Gasteiger partial charge < -0.3 is 24.6 Å². The number of amides is 1. The third-order valence-corrected chi connectivity index (χ3v) is 4.04. The zero-order valence-corrected chi connectivity index (χ0v) is 15.8. The summed E-state index contributed by atoms with van der Waals surface area (Å²) in [4.78, 5) is 23.6. The quantitative estimate of drug-likeness (QED) is 0.737. The van der Waals surface area contributed by atoms with E-state index in [0.29, 0.717) is 23.7 Å². The summed E-state index contributed by atoms with van der Waals surface area (Å²) >= 11 is 0. The molecule has 0 heterocycles. The lowest BCUT2D eigenvalue weighted by Gasteiger charge is -2.14. The van der Waals surface area contributed by atoms with Crippen LogP contribution >= 0.6 is 0 Å². The minimum absolute atomic E-state index is 0.0659. The second kappa shape index (κ2) is 8.93. The number of hydrogen-bond acceptors (Lipinski definition) is 5. The molecule has 7 nitrogen and oxygen atoms in total. The SMILES string of the molecule is COc1cc(CCC(=O)Nc2ccc(C)cc2C(=O)O)cc(OC)c1OC. The molecule has 0 unspecified atom stereocenters. The molecule has 2 rings (SSSR count). The van der Waals surface area contributed by atoms with Crippen molar-refractivity contribution in [1.82, 2.24) is 0 Å². The van der Waals surface area contributed by atoms with Crippen molar-refractivity contribution in [1.29, 1.82) is 0 Å². The Bertz CT molecular complexity index is 821. The molecule has 2 N–H and O–H groups in total. The van der Waals surface area contributed by atoms with E-state index in [1.54, 1.807) is 31.2 Å². The summed E-state index contributed by atoms with van der Waals surface area (Å²) in [6.45, 7) is 1.79. The molecule has 0 radical (unpaired) electrons. The number of aryl methyl sites for hydroxylation is 2. The maximum Gasteiger partial charge on any atom is 0.337 e. The maximum atomic E-state index is 12.3. The van der Waals surface area contributed by atoms with E-state index in [0.717, 1.165) is 11.1 Å². The number of methoxy groups -OCH3 is 3. The average Bonchev–Trinajstić information content (AvgIpc) is 2.66. The van der Waals surface area contributed by atoms with E-state index in [-0.39, 0.29) is 23.6 Å². The Labute approximate surface area is 157 Å². The van der Waals surface area contributed by atoms with E-state index < -0.39 is 5.97 Å². The van der Waals surface area contributed by atoms with E-state index in [1.807, 2.05) is 0 Å². The van der Waals surface area contributed by atoms with Crippen LogP contribution < -0.4 is 19.5 Å². The van der Waals surface area contributed by atoms with Gasteiger partial charge in [0.25, 0.3) is 0 Å². The molecule has 0 aliphatic heterocycles. The van der Waals surface area contributed by atoms with Crippen molar-refractivity contribution < 1.29 is 28.9 Å². The van der Waals surface area contributed by atoms with Gasteiger partial charge in [0.05, 0.1) is 32.6 Å². The number of hydrogen-bond donors (Lipinski definition) is 2. The van der Waals surface area contributed by atoms with Crippen molar-refractivity contribution in [3.8, 4) is 17.2 Å². The first-order valence-corrected chi connectivity index (χ1v) is 8.32. The topological polar surface area (TPSA) is 94.1 Å². The van der Waals surface area contributed by atoms with Crippen molar-refractivity contribution in [3.05, 3.63) is 47.0 Å². The lowest BCUT2D eigenvalue weighted by molar-refractivity contribution is -0.116. The first kappa shape index (κ1) is 20.1. The Morgan fingerprint density at radius 2 is 1.63 bits per heavy atom. The summed E-state index contributed by atoms with van der Waals surface area (Å²) in [5.74, 6) is 0.144. The third kappa shape index (κ3) is 4.91. The van der Waals surface area contributed by atoms with E-state index >= 15 is 0 Å². The van der Waals surface area contributed by atoms with Crippen LogP contribution in [0.4, 0.5) is 5.69 Å². The van der Waals surface area contributed by atoms with Gasteiger partial charge in [0.15, 0.2) is 11.5 Å². The predicted octanol–water partition coefficient (Wildman–Crippen LogP) is 3.29. The van der Waals surface area contributed by atoms with Crippen LogP contribution in [0.25, 0.3) is 0 Å². The van der Waals surface area contributed by atoms with E-state index in [2.05, 4.69) is 5.32 Å². The molecule has 0 bridgehead atoms. The molecule has 7 heteroatoms. The molecular formula is C20H23NO6. The van der Waals surface area contributed by atoms with E-state index in [9.17, 15) is 14.7 Å². The molecule has 0 saturated heterocycles. The van der Waals surface area contributed by atoms with Crippen molar-refractivity contribution in [3.63, 3.8) is 0 Å². The Hall–Kier alpha value is -3.22. The Balaban J connectivity index is 2.11. The number of carboxylic acids is 1. The number of anilines is 1. The molecular weight excluding hydrogens is 350 g/mol. The van der Waals surface area contributed by atoms with Gasteiger partial charge >= 0.3 is 5.97 Å². The summed E-state index contributed by atoms with van der Waals surface area (Å²) in [6, 6.07) is 8.43. The molecule has 0 atom stereocenters. The van der Waals surface area contributed by atoms with E-state index in [4.69, 9.17) is 14.2 Å². The molecule has 2 aromatic carbocycles. The van der Waals surface area contributed by atoms with Crippen molar-refractivity contribution in [2.45, 2.75) is 19.8 Å². The number of aromatic carboxylic acids is 1. The van der Waals surface area contributed by atoms with Crippen LogP contribution in [0.1, 0.15) is 27.9 Å². The highest BCUT2D eigenvalue weighted by atomic mass is 16.5. The van der Waals surface area contributed by atoms with Crippen molar-refractivity contribution >= 4 is 17.6 Å². The van der Waals surface area contributed by atoms with E-state index in [1.165, 1.54) is 27.4 Å². The van der Waals surface area contributed by atoms with Crippen LogP contribution in [0.3, 0.4) is 0 Å². The predicted molar refractivity (Wildman–Crippen MR) is 101 cm³/mol. The molecule has 2 aromatic rings. The minimum Gasteiger partial charge on any atom is -0.493 e. The van der Waals surface area contributed by atoms with Gasteiger partial charge in [-0.15, -0.1) is 0 Å². The zero-order valence-electron chi connectivity index (χ0n) is 15.8. The maximum absolute atomic E-state index is 12.3. The van der Waals surface area contributed by atoms with Gasteiger partial charge in [-0.05, 0) is 43.2 Å². The number of carbonyl (C=O) groups excluding carboxylic acids is 1. The first-order chi connectivity index (χ1) is 12.9. The fourth-order valence-electron chi connectivity index (χ4n) is 2.69. The molecule has 0 aliphatic rings. The molecule has 0 saturated carbocycles. The Kier molecular flexibility index (Phi) is 6.65. The summed E-state index contributed by atoms with van der Waals surface area (Å²) in [5, 5.41) is 11.9. The number of ether oxygens (including phenoxy) is 3. The molecule has 0 aliphatic carbocycles. The molecule has 144 valence electrons. The van der Waals surface area contributed by atoms with Crippen LogP contribution in [0, 0.1) is 6.92 Å². The van der Waals surface area contributed by atoms with Gasteiger partial charge in [0, 0.05) is 6.42 Å². The fourth-order valence-corrected chi connectivity index (χ4v) is 2.69. The van der Waals surface area contributed by atoms with Gasteiger partial charge in [-0.3, -0.25) is 4.79 Å². The molecule has 1 amide bonds.